The molecule has 0 heterocycles. The predicted octanol–water partition coefficient (Wildman–Crippen LogP) is 3.03. The van der Waals surface area contributed by atoms with E-state index < -0.39 is 12.0 Å². The van der Waals surface area contributed by atoms with Crippen LogP contribution < -0.4 is 5.32 Å². The molecule has 0 spiro atoms. The second-order valence-corrected chi connectivity index (χ2v) is 6.96. The molecule has 0 radical (unpaired) electrons. The number of amides is 1. The van der Waals surface area contributed by atoms with Crippen LogP contribution in [0.4, 0.5) is 0 Å². The fraction of sp³-hybridized carbons (Fsp3) is 0.737. The number of hydrogen-bond acceptors (Lipinski definition) is 4. The lowest BCUT2D eigenvalue weighted by atomic mass is 9.89. The highest BCUT2D eigenvalue weighted by atomic mass is 16.5. The fourth-order valence-corrected chi connectivity index (χ4v) is 3.27. The molecule has 1 saturated carbocycles. The molecule has 0 aromatic heterocycles. The standard InChI is InChI=1S/C19H31NO4/c1-5-6-7-8-15-14(9-10-17(15)21)12-18(22)20-16(11-13(2)3)19(23)24-4/h6-7,13-16H,5,8-12H2,1-4H3,(H,20,22). The first-order valence-corrected chi connectivity index (χ1v) is 8.93. The Balaban J connectivity index is 2.62. The van der Waals surface area contributed by atoms with Crippen LogP contribution in [0, 0.1) is 17.8 Å². The van der Waals surface area contributed by atoms with Gasteiger partial charge in [-0.3, -0.25) is 9.59 Å². The van der Waals surface area contributed by atoms with Gasteiger partial charge in [0.05, 0.1) is 7.11 Å². The predicted molar refractivity (Wildman–Crippen MR) is 93.3 cm³/mol. The first kappa shape index (κ1) is 20.4. The number of esters is 1. The molecule has 136 valence electrons. The lowest BCUT2D eigenvalue weighted by Crippen LogP contribution is -2.43. The van der Waals surface area contributed by atoms with E-state index in [9.17, 15) is 14.4 Å². The molecule has 3 atom stereocenters. The van der Waals surface area contributed by atoms with E-state index in [-0.39, 0.29) is 29.4 Å². The van der Waals surface area contributed by atoms with Crippen molar-refractivity contribution in [2.75, 3.05) is 7.11 Å². The summed E-state index contributed by atoms with van der Waals surface area (Å²) in [5, 5.41) is 2.79. The molecular formula is C19H31NO4. The molecule has 1 rings (SSSR count). The van der Waals surface area contributed by atoms with E-state index in [0.717, 1.165) is 12.8 Å². The Morgan fingerprint density at radius 1 is 1.33 bits per heavy atom. The Morgan fingerprint density at radius 3 is 2.62 bits per heavy atom. The zero-order chi connectivity index (χ0) is 18.1. The topological polar surface area (TPSA) is 72.5 Å². The van der Waals surface area contributed by atoms with E-state index in [1.54, 1.807) is 0 Å². The van der Waals surface area contributed by atoms with Gasteiger partial charge in [0.1, 0.15) is 11.8 Å². The van der Waals surface area contributed by atoms with Gasteiger partial charge in [-0.2, -0.15) is 0 Å². The van der Waals surface area contributed by atoms with Crippen LogP contribution in [0.25, 0.3) is 0 Å². The maximum absolute atomic E-state index is 12.3. The van der Waals surface area contributed by atoms with Crippen molar-refractivity contribution in [3.8, 4) is 0 Å². The molecule has 1 fully saturated rings. The van der Waals surface area contributed by atoms with Gasteiger partial charge in [-0.25, -0.2) is 4.79 Å². The Kier molecular flexibility index (Phi) is 8.72. The van der Waals surface area contributed by atoms with Gasteiger partial charge in [0, 0.05) is 18.8 Å². The van der Waals surface area contributed by atoms with Crippen LogP contribution in [0.2, 0.25) is 0 Å². The van der Waals surface area contributed by atoms with Crippen LogP contribution in [0.15, 0.2) is 12.2 Å². The number of methoxy groups -OCH3 is 1. The number of nitrogens with one attached hydrogen (secondary N) is 1. The smallest absolute Gasteiger partial charge is 0.328 e. The van der Waals surface area contributed by atoms with Gasteiger partial charge in [0.25, 0.3) is 0 Å². The van der Waals surface area contributed by atoms with Crippen LogP contribution in [-0.4, -0.2) is 30.8 Å². The molecule has 5 heteroatoms. The van der Waals surface area contributed by atoms with E-state index in [4.69, 9.17) is 4.74 Å². The maximum atomic E-state index is 12.3. The molecule has 0 aromatic rings. The summed E-state index contributed by atoms with van der Waals surface area (Å²) in [7, 11) is 1.33. The first-order chi connectivity index (χ1) is 11.4. The zero-order valence-corrected chi connectivity index (χ0v) is 15.3. The van der Waals surface area contributed by atoms with Gasteiger partial charge in [-0.15, -0.1) is 0 Å². The Morgan fingerprint density at radius 2 is 2.04 bits per heavy atom. The highest BCUT2D eigenvalue weighted by Gasteiger charge is 2.35. The normalized spacial score (nSPS) is 22.1. The SMILES string of the molecule is CCC=CCC1C(=O)CCC1CC(=O)NC(CC(C)C)C(=O)OC. The lowest BCUT2D eigenvalue weighted by Gasteiger charge is -2.21. The van der Waals surface area contributed by atoms with Crippen molar-refractivity contribution in [2.24, 2.45) is 17.8 Å². The van der Waals surface area contributed by atoms with Gasteiger partial charge in [-0.1, -0.05) is 32.9 Å². The number of ketones is 1. The summed E-state index contributed by atoms with van der Waals surface area (Å²) in [6.45, 7) is 6.04. The van der Waals surface area contributed by atoms with Crippen LogP contribution in [0.1, 0.15) is 59.3 Å². The molecule has 0 saturated heterocycles. The summed E-state index contributed by atoms with van der Waals surface area (Å²) >= 11 is 0. The van der Waals surface area contributed by atoms with Gasteiger partial charge in [0.15, 0.2) is 0 Å². The van der Waals surface area contributed by atoms with Crippen LogP contribution in [0.5, 0.6) is 0 Å². The second-order valence-electron chi connectivity index (χ2n) is 6.96. The minimum atomic E-state index is -0.613. The van der Waals surface area contributed by atoms with Gasteiger partial charge >= 0.3 is 5.97 Å². The van der Waals surface area contributed by atoms with Crippen molar-refractivity contribution < 1.29 is 19.1 Å². The molecular weight excluding hydrogens is 306 g/mol. The summed E-state index contributed by atoms with van der Waals surface area (Å²) in [5.41, 5.74) is 0. The summed E-state index contributed by atoms with van der Waals surface area (Å²) in [6.07, 6.45) is 7.89. The highest BCUT2D eigenvalue weighted by Crippen LogP contribution is 2.34. The van der Waals surface area contributed by atoms with E-state index in [2.05, 4.69) is 18.3 Å². The number of Topliss-reactive ketones (excluding diaryl/α,β-unsaturated/α-hetero) is 1. The molecule has 1 aliphatic rings. The number of carbonyl (C=O) groups is 3. The minimum Gasteiger partial charge on any atom is -0.467 e. The second kappa shape index (κ2) is 10.3. The van der Waals surface area contributed by atoms with Gasteiger partial charge < -0.3 is 10.1 Å². The summed E-state index contributed by atoms with van der Waals surface area (Å²) in [6, 6.07) is -0.613. The number of hydrogen-bond donors (Lipinski definition) is 1. The van der Waals surface area contributed by atoms with E-state index >= 15 is 0 Å². The molecule has 1 aliphatic carbocycles. The summed E-state index contributed by atoms with van der Waals surface area (Å²) in [5.74, 6) is -0.0663. The van der Waals surface area contributed by atoms with Gasteiger partial charge in [0.2, 0.25) is 5.91 Å². The maximum Gasteiger partial charge on any atom is 0.328 e. The minimum absolute atomic E-state index is 0.0661. The van der Waals surface area contributed by atoms with E-state index in [1.807, 2.05) is 19.9 Å². The average molecular weight is 337 g/mol. The largest absolute Gasteiger partial charge is 0.467 e. The average Bonchev–Trinajstić information content (AvgIpc) is 2.86. The number of ether oxygens (including phenoxy) is 1. The van der Waals surface area contributed by atoms with E-state index in [1.165, 1.54) is 7.11 Å². The van der Waals surface area contributed by atoms with Crippen LogP contribution in [-0.2, 0) is 19.1 Å². The van der Waals surface area contributed by atoms with Crippen LogP contribution in [0.3, 0.4) is 0 Å². The highest BCUT2D eigenvalue weighted by molar-refractivity contribution is 5.87. The lowest BCUT2D eigenvalue weighted by molar-refractivity contribution is -0.145. The molecule has 24 heavy (non-hydrogen) atoms. The van der Waals surface area contributed by atoms with Crippen LogP contribution >= 0.6 is 0 Å². The third-order valence-electron chi connectivity index (χ3n) is 4.51. The van der Waals surface area contributed by atoms with Crippen molar-refractivity contribution in [3.05, 3.63) is 12.2 Å². The third kappa shape index (κ3) is 6.46. The number of rotatable bonds is 9. The molecule has 0 bridgehead atoms. The summed E-state index contributed by atoms with van der Waals surface area (Å²) < 4.78 is 4.77. The van der Waals surface area contributed by atoms with Crippen molar-refractivity contribution in [1.29, 1.82) is 0 Å². The van der Waals surface area contributed by atoms with Gasteiger partial charge in [-0.05, 0) is 37.5 Å². The third-order valence-corrected chi connectivity index (χ3v) is 4.51. The molecule has 0 aliphatic heterocycles. The Hall–Kier alpha value is -1.65. The molecule has 5 nitrogen and oxygen atoms in total. The zero-order valence-electron chi connectivity index (χ0n) is 15.3. The van der Waals surface area contributed by atoms with Crippen molar-refractivity contribution in [1.82, 2.24) is 5.32 Å². The Bertz CT molecular complexity index is 470. The Labute approximate surface area is 145 Å². The molecule has 0 aromatic carbocycles. The molecule has 1 amide bonds. The van der Waals surface area contributed by atoms with Crippen molar-refractivity contribution in [3.63, 3.8) is 0 Å². The first-order valence-electron chi connectivity index (χ1n) is 8.93. The van der Waals surface area contributed by atoms with E-state index in [0.29, 0.717) is 25.7 Å². The quantitative estimate of drug-likeness (QED) is 0.518. The van der Waals surface area contributed by atoms with Crippen molar-refractivity contribution >= 4 is 17.7 Å². The molecule has 3 unspecified atom stereocenters. The summed E-state index contributed by atoms with van der Waals surface area (Å²) in [4.78, 5) is 36.2. The van der Waals surface area contributed by atoms with Crippen molar-refractivity contribution in [2.45, 2.75) is 65.3 Å². The molecule has 1 N–H and O–H groups in total. The number of carbonyl (C=O) groups excluding carboxylic acids is 3. The monoisotopic (exact) mass is 337 g/mol. The number of allylic oxidation sites excluding steroid dienone is 2. The fourth-order valence-electron chi connectivity index (χ4n) is 3.27.